The van der Waals surface area contributed by atoms with Gasteiger partial charge in [0.15, 0.2) is 0 Å². The summed E-state index contributed by atoms with van der Waals surface area (Å²) < 4.78 is 0. The first-order valence-electron chi connectivity index (χ1n) is 7.16. The van der Waals surface area contributed by atoms with Gasteiger partial charge in [0.1, 0.15) is 5.82 Å². The maximum atomic E-state index is 10.3. The Hall–Kier alpha value is -1.65. The maximum Gasteiger partial charge on any atom is 0.147 e. The van der Waals surface area contributed by atoms with Crippen molar-refractivity contribution in [3.05, 3.63) is 53.4 Å². The minimum Gasteiger partial charge on any atom is -0.393 e. The molecule has 0 bridgehead atoms. The van der Waals surface area contributed by atoms with Gasteiger partial charge in [-0.15, -0.1) is 0 Å². The number of anilines is 1. The van der Waals surface area contributed by atoms with Crippen molar-refractivity contribution in [2.45, 2.75) is 18.9 Å². The fourth-order valence-electron chi connectivity index (χ4n) is 2.81. The van der Waals surface area contributed by atoms with Gasteiger partial charge in [-0.25, -0.2) is 4.98 Å². The number of nitrogens with zero attached hydrogens (tertiary/aromatic N) is 3. The van der Waals surface area contributed by atoms with Crippen LogP contribution in [0.25, 0.3) is 0 Å². The van der Waals surface area contributed by atoms with Crippen molar-refractivity contribution in [3.63, 3.8) is 0 Å². The van der Waals surface area contributed by atoms with E-state index in [2.05, 4.69) is 14.9 Å². The van der Waals surface area contributed by atoms with Crippen LogP contribution >= 0.6 is 11.6 Å². The molecule has 1 aromatic heterocycles. The second-order valence-corrected chi connectivity index (χ2v) is 5.89. The van der Waals surface area contributed by atoms with E-state index < -0.39 is 0 Å². The number of halogens is 1. The predicted octanol–water partition coefficient (Wildman–Crippen LogP) is 2.56. The number of aliphatic hydroxyl groups is 1. The van der Waals surface area contributed by atoms with Crippen molar-refractivity contribution in [3.8, 4) is 0 Å². The van der Waals surface area contributed by atoms with Crippen LogP contribution in [0.2, 0.25) is 5.02 Å². The lowest BCUT2D eigenvalue weighted by molar-refractivity contribution is 0.0878. The smallest absolute Gasteiger partial charge is 0.147 e. The summed E-state index contributed by atoms with van der Waals surface area (Å²) >= 11 is 5.91. The topological polar surface area (TPSA) is 49.2 Å². The Morgan fingerprint density at radius 3 is 2.76 bits per heavy atom. The Morgan fingerprint density at radius 2 is 2.05 bits per heavy atom. The number of piperidine rings is 1. The van der Waals surface area contributed by atoms with Gasteiger partial charge >= 0.3 is 0 Å². The van der Waals surface area contributed by atoms with Crippen LogP contribution in [0.15, 0.2) is 42.9 Å². The fourth-order valence-corrected chi connectivity index (χ4v) is 2.93. The third-order valence-corrected chi connectivity index (χ3v) is 4.23. The van der Waals surface area contributed by atoms with E-state index >= 15 is 0 Å². The molecule has 1 aliphatic heterocycles. The SMILES string of the molecule is O[C@@H]1CCN(c2cnccn2)C[C@H]1Cc1ccc(Cl)cc1. The molecule has 0 unspecified atom stereocenters. The molecule has 0 amide bonds. The molecular weight excluding hydrogens is 286 g/mol. The third-order valence-electron chi connectivity index (χ3n) is 3.98. The second kappa shape index (κ2) is 6.41. The van der Waals surface area contributed by atoms with E-state index in [0.29, 0.717) is 0 Å². The van der Waals surface area contributed by atoms with Gasteiger partial charge in [-0.1, -0.05) is 23.7 Å². The Balaban J connectivity index is 1.70. The minimum atomic E-state index is -0.270. The van der Waals surface area contributed by atoms with Crippen molar-refractivity contribution in [1.82, 2.24) is 9.97 Å². The van der Waals surface area contributed by atoms with E-state index in [9.17, 15) is 5.11 Å². The number of hydrogen-bond acceptors (Lipinski definition) is 4. The maximum absolute atomic E-state index is 10.3. The van der Waals surface area contributed by atoms with Crippen LogP contribution in [-0.4, -0.2) is 34.3 Å². The zero-order valence-corrected chi connectivity index (χ0v) is 12.4. The van der Waals surface area contributed by atoms with Crippen molar-refractivity contribution in [1.29, 1.82) is 0 Å². The van der Waals surface area contributed by atoms with Gasteiger partial charge in [-0.3, -0.25) is 4.98 Å². The van der Waals surface area contributed by atoms with Crippen LogP contribution in [0, 0.1) is 5.92 Å². The Bertz CT molecular complexity index is 576. The standard InChI is InChI=1S/C16H18ClN3O/c17-14-3-1-12(2-4-14)9-13-11-20(8-5-15(13)21)16-10-18-6-7-19-16/h1-4,6-7,10,13,15,21H,5,8-9,11H2/t13-,15-/m1/s1. The molecule has 1 aliphatic rings. The fraction of sp³-hybridized carbons (Fsp3) is 0.375. The summed E-state index contributed by atoms with van der Waals surface area (Å²) in [5.74, 6) is 1.08. The molecule has 2 atom stereocenters. The highest BCUT2D eigenvalue weighted by atomic mass is 35.5. The van der Waals surface area contributed by atoms with E-state index in [-0.39, 0.29) is 12.0 Å². The summed E-state index contributed by atoms with van der Waals surface area (Å²) in [4.78, 5) is 10.7. The number of aliphatic hydroxyl groups excluding tert-OH is 1. The molecule has 1 fully saturated rings. The van der Waals surface area contributed by atoms with Gasteiger partial charge in [0.25, 0.3) is 0 Å². The molecule has 0 radical (unpaired) electrons. The number of rotatable bonds is 3. The van der Waals surface area contributed by atoms with Gasteiger partial charge in [-0.05, 0) is 30.5 Å². The Kier molecular flexibility index (Phi) is 4.36. The van der Waals surface area contributed by atoms with Gasteiger partial charge in [0.2, 0.25) is 0 Å². The summed E-state index contributed by atoms with van der Waals surface area (Å²) in [5, 5.41) is 11.0. The molecule has 0 saturated carbocycles. The van der Waals surface area contributed by atoms with Gasteiger partial charge < -0.3 is 10.0 Å². The molecule has 2 heterocycles. The number of aromatic nitrogens is 2. The quantitative estimate of drug-likeness (QED) is 0.947. The van der Waals surface area contributed by atoms with Crippen LogP contribution in [0.4, 0.5) is 5.82 Å². The van der Waals surface area contributed by atoms with Gasteiger partial charge in [0.05, 0.1) is 12.3 Å². The largest absolute Gasteiger partial charge is 0.393 e. The molecule has 2 aromatic rings. The molecule has 110 valence electrons. The van der Waals surface area contributed by atoms with E-state index in [4.69, 9.17) is 11.6 Å². The number of hydrogen-bond donors (Lipinski definition) is 1. The summed E-state index contributed by atoms with van der Waals surface area (Å²) in [6.45, 7) is 1.61. The first-order valence-corrected chi connectivity index (χ1v) is 7.53. The lowest BCUT2D eigenvalue weighted by Crippen LogP contribution is -2.44. The van der Waals surface area contributed by atoms with E-state index in [0.717, 1.165) is 36.8 Å². The highest BCUT2D eigenvalue weighted by Gasteiger charge is 2.28. The van der Waals surface area contributed by atoms with Crippen molar-refractivity contribution >= 4 is 17.4 Å². The molecule has 1 N–H and O–H groups in total. The first kappa shape index (κ1) is 14.3. The van der Waals surface area contributed by atoms with E-state index in [1.807, 2.05) is 24.3 Å². The molecule has 4 nitrogen and oxygen atoms in total. The molecule has 1 saturated heterocycles. The molecule has 3 rings (SSSR count). The monoisotopic (exact) mass is 303 g/mol. The van der Waals surface area contributed by atoms with Crippen LogP contribution in [0.1, 0.15) is 12.0 Å². The first-order chi connectivity index (χ1) is 10.2. The van der Waals surface area contributed by atoms with E-state index in [1.54, 1.807) is 18.6 Å². The van der Waals surface area contributed by atoms with Crippen molar-refractivity contribution < 1.29 is 5.11 Å². The molecule has 0 spiro atoms. The van der Waals surface area contributed by atoms with E-state index in [1.165, 1.54) is 5.56 Å². The third kappa shape index (κ3) is 3.52. The summed E-state index contributed by atoms with van der Waals surface area (Å²) in [7, 11) is 0. The van der Waals surface area contributed by atoms with Crippen LogP contribution < -0.4 is 4.90 Å². The molecule has 5 heteroatoms. The minimum absolute atomic E-state index is 0.196. The second-order valence-electron chi connectivity index (χ2n) is 5.46. The van der Waals surface area contributed by atoms with Gasteiger partial charge in [-0.2, -0.15) is 0 Å². The lowest BCUT2D eigenvalue weighted by Gasteiger charge is -2.36. The predicted molar refractivity (Wildman–Crippen MR) is 83.5 cm³/mol. The highest BCUT2D eigenvalue weighted by Crippen LogP contribution is 2.25. The summed E-state index contributed by atoms with van der Waals surface area (Å²) in [6, 6.07) is 7.84. The lowest BCUT2D eigenvalue weighted by atomic mass is 9.89. The summed E-state index contributed by atoms with van der Waals surface area (Å²) in [6.07, 6.45) is 6.48. The Labute approximate surface area is 129 Å². The molecule has 21 heavy (non-hydrogen) atoms. The zero-order valence-electron chi connectivity index (χ0n) is 11.7. The molecular formula is C16H18ClN3O. The molecule has 1 aromatic carbocycles. The van der Waals surface area contributed by atoms with Crippen LogP contribution in [0.3, 0.4) is 0 Å². The normalized spacial score (nSPS) is 22.3. The highest BCUT2D eigenvalue weighted by molar-refractivity contribution is 6.30. The van der Waals surface area contributed by atoms with Crippen molar-refractivity contribution in [2.24, 2.45) is 5.92 Å². The molecule has 0 aliphatic carbocycles. The van der Waals surface area contributed by atoms with Crippen LogP contribution in [-0.2, 0) is 6.42 Å². The summed E-state index contributed by atoms with van der Waals surface area (Å²) in [5.41, 5.74) is 1.20. The average Bonchev–Trinajstić information content (AvgIpc) is 2.52. The van der Waals surface area contributed by atoms with Crippen molar-refractivity contribution in [2.75, 3.05) is 18.0 Å². The average molecular weight is 304 g/mol. The van der Waals surface area contributed by atoms with Crippen LogP contribution in [0.5, 0.6) is 0 Å². The zero-order chi connectivity index (χ0) is 14.7. The number of benzene rings is 1. The van der Waals surface area contributed by atoms with Gasteiger partial charge in [0, 0.05) is 36.4 Å². The Morgan fingerprint density at radius 1 is 1.24 bits per heavy atom.